The van der Waals surface area contributed by atoms with Crippen molar-refractivity contribution in [3.8, 4) is 17.2 Å². The number of fused-ring (bicyclic) bond motifs is 1. The summed E-state index contributed by atoms with van der Waals surface area (Å²) in [4.78, 5) is 12.6. The van der Waals surface area contributed by atoms with E-state index in [9.17, 15) is 4.79 Å². The minimum Gasteiger partial charge on any atom is -0.481 e. The van der Waals surface area contributed by atoms with E-state index in [2.05, 4.69) is 5.32 Å². The van der Waals surface area contributed by atoms with Crippen LogP contribution in [0, 0.1) is 0 Å². The molecule has 0 bridgehead atoms. The molecule has 0 radical (unpaired) electrons. The molecule has 1 amide bonds. The van der Waals surface area contributed by atoms with Crippen LogP contribution >= 0.6 is 0 Å². The molecule has 1 N–H and O–H groups in total. The zero-order chi connectivity index (χ0) is 18.0. The van der Waals surface area contributed by atoms with E-state index in [1.807, 2.05) is 55.5 Å². The maximum atomic E-state index is 12.6. The van der Waals surface area contributed by atoms with Gasteiger partial charge < -0.3 is 19.5 Å². The zero-order valence-electron chi connectivity index (χ0n) is 14.9. The first-order valence-electron chi connectivity index (χ1n) is 9.22. The monoisotopic (exact) mass is 353 g/mol. The number of ether oxygens (including phenoxy) is 3. The summed E-state index contributed by atoms with van der Waals surface area (Å²) in [5, 5.41) is 2.92. The van der Waals surface area contributed by atoms with Crippen LogP contribution in [0.25, 0.3) is 0 Å². The molecule has 26 heavy (non-hydrogen) atoms. The molecule has 1 aliphatic carbocycles. The fraction of sp³-hybridized carbons (Fsp3) is 0.381. The van der Waals surface area contributed by atoms with Crippen molar-refractivity contribution in [2.75, 3.05) is 5.32 Å². The fourth-order valence-corrected chi connectivity index (χ4v) is 3.50. The van der Waals surface area contributed by atoms with Gasteiger partial charge in [0.05, 0.1) is 0 Å². The molecule has 0 aromatic heterocycles. The van der Waals surface area contributed by atoms with Crippen LogP contribution in [0.15, 0.2) is 48.5 Å². The third-order valence-electron chi connectivity index (χ3n) is 4.85. The molecule has 2 aromatic carbocycles. The molecule has 1 atom stereocenters. The molecule has 1 aliphatic heterocycles. The van der Waals surface area contributed by atoms with Crippen LogP contribution in [0.4, 0.5) is 5.69 Å². The van der Waals surface area contributed by atoms with Gasteiger partial charge in [-0.1, -0.05) is 25.1 Å². The summed E-state index contributed by atoms with van der Waals surface area (Å²) in [6, 6.07) is 14.9. The van der Waals surface area contributed by atoms with Gasteiger partial charge in [0.1, 0.15) is 5.75 Å². The lowest BCUT2D eigenvalue weighted by Gasteiger charge is -2.21. The van der Waals surface area contributed by atoms with E-state index in [0.29, 0.717) is 23.6 Å². The van der Waals surface area contributed by atoms with Gasteiger partial charge in [0, 0.05) is 24.6 Å². The van der Waals surface area contributed by atoms with E-state index in [4.69, 9.17) is 14.2 Å². The van der Waals surface area contributed by atoms with E-state index in [1.54, 1.807) is 0 Å². The lowest BCUT2D eigenvalue weighted by molar-refractivity contribution is -0.122. The first-order chi connectivity index (χ1) is 12.7. The Morgan fingerprint density at radius 2 is 1.85 bits per heavy atom. The first-order valence-corrected chi connectivity index (χ1v) is 9.22. The predicted octanol–water partition coefficient (Wildman–Crippen LogP) is 4.52. The molecule has 2 aromatic rings. The Balaban J connectivity index is 1.43. The molecule has 136 valence electrons. The Morgan fingerprint density at radius 3 is 2.58 bits per heavy atom. The van der Waals surface area contributed by atoms with Gasteiger partial charge in [0.25, 0.3) is 11.7 Å². The lowest BCUT2D eigenvalue weighted by atomic mass is 10.2. The third-order valence-corrected chi connectivity index (χ3v) is 4.85. The van der Waals surface area contributed by atoms with Crippen molar-refractivity contribution in [1.29, 1.82) is 0 Å². The minimum atomic E-state index is -0.552. The van der Waals surface area contributed by atoms with Crippen molar-refractivity contribution >= 4 is 11.6 Å². The topological polar surface area (TPSA) is 56.8 Å². The number of amides is 1. The average molecular weight is 353 g/mol. The molecule has 1 spiro atoms. The summed E-state index contributed by atoms with van der Waals surface area (Å²) in [6.45, 7) is 1.93. The third kappa shape index (κ3) is 3.34. The Kier molecular flexibility index (Phi) is 4.45. The van der Waals surface area contributed by atoms with Crippen LogP contribution in [0.5, 0.6) is 17.2 Å². The van der Waals surface area contributed by atoms with Crippen LogP contribution in [0.3, 0.4) is 0 Å². The second-order valence-corrected chi connectivity index (χ2v) is 6.80. The van der Waals surface area contributed by atoms with Gasteiger partial charge in [-0.25, -0.2) is 0 Å². The standard InChI is InChI=1S/C21H23NO4/c1-2-17(24-16-8-4-3-5-9-16)20(23)22-15-10-11-18-19(14-15)26-21(25-18)12-6-7-13-21/h3-5,8-11,14,17H,2,6-7,12-13H2,1H3,(H,22,23). The number of rotatable bonds is 5. The van der Waals surface area contributed by atoms with E-state index < -0.39 is 11.9 Å². The molecule has 1 fully saturated rings. The minimum absolute atomic E-state index is 0.175. The zero-order valence-corrected chi connectivity index (χ0v) is 14.9. The number of benzene rings is 2. The van der Waals surface area contributed by atoms with Gasteiger partial charge in [-0.05, 0) is 43.5 Å². The Morgan fingerprint density at radius 1 is 1.12 bits per heavy atom. The lowest BCUT2D eigenvalue weighted by Crippen LogP contribution is -2.34. The van der Waals surface area contributed by atoms with Crippen LogP contribution < -0.4 is 19.5 Å². The average Bonchev–Trinajstić information content (AvgIpc) is 3.26. The van der Waals surface area contributed by atoms with Gasteiger partial charge in [-0.15, -0.1) is 0 Å². The van der Waals surface area contributed by atoms with Crippen molar-refractivity contribution in [2.45, 2.75) is 50.9 Å². The predicted molar refractivity (Wildman–Crippen MR) is 98.7 cm³/mol. The summed E-state index contributed by atoms with van der Waals surface area (Å²) in [6.07, 6.45) is 4.08. The van der Waals surface area contributed by atoms with Gasteiger partial charge in [-0.3, -0.25) is 4.79 Å². The Labute approximate surface area is 153 Å². The Bertz CT molecular complexity index is 784. The number of anilines is 1. The van der Waals surface area contributed by atoms with Crippen LogP contribution in [-0.2, 0) is 4.79 Å². The smallest absolute Gasteiger partial charge is 0.265 e. The van der Waals surface area contributed by atoms with Crippen molar-refractivity contribution in [1.82, 2.24) is 0 Å². The molecule has 0 saturated heterocycles. The molecular weight excluding hydrogens is 330 g/mol. The van der Waals surface area contributed by atoms with E-state index >= 15 is 0 Å². The molecule has 5 nitrogen and oxygen atoms in total. The van der Waals surface area contributed by atoms with Crippen molar-refractivity contribution < 1.29 is 19.0 Å². The number of carbonyl (C=O) groups is 1. The summed E-state index contributed by atoms with van der Waals surface area (Å²) < 4.78 is 17.9. The highest BCUT2D eigenvalue weighted by molar-refractivity contribution is 5.94. The fourth-order valence-electron chi connectivity index (χ4n) is 3.50. The Hall–Kier alpha value is -2.69. The first kappa shape index (κ1) is 16.8. The highest BCUT2D eigenvalue weighted by Crippen LogP contribution is 2.47. The van der Waals surface area contributed by atoms with Gasteiger partial charge in [0.2, 0.25) is 0 Å². The quantitative estimate of drug-likeness (QED) is 0.858. The second-order valence-electron chi connectivity index (χ2n) is 6.80. The SMILES string of the molecule is CCC(Oc1ccccc1)C(=O)Nc1ccc2c(c1)OC1(CCCC1)O2. The van der Waals surface area contributed by atoms with E-state index in [0.717, 1.165) is 31.4 Å². The molecule has 2 aliphatic rings. The molecule has 5 heteroatoms. The maximum absolute atomic E-state index is 12.6. The van der Waals surface area contributed by atoms with Gasteiger partial charge in [0.15, 0.2) is 17.6 Å². The van der Waals surface area contributed by atoms with E-state index in [-0.39, 0.29) is 5.91 Å². The summed E-state index contributed by atoms with van der Waals surface area (Å²) in [5.41, 5.74) is 0.683. The molecule has 4 rings (SSSR count). The largest absolute Gasteiger partial charge is 0.481 e. The summed E-state index contributed by atoms with van der Waals surface area (Å²) in [7, 11) is 0. The number of para-hydroxylation sites is 1. The second kappa shape index (κ2) is 6.90. The number of carbonyl (C=O) groups excluding carboxylic acids is 1. The number of hydrogen-bond donors (Lipinski definition) is 1. The molecule has 1 heterocycles. The van der Waals surface area contributed by atoms with Crippen LogP contribution in [-0.4, -0.2) is 17.8 Å². The normalized spacial score (nSPS) is 17.9. The van der Waals surface area contributed by atoms with Gasteiger partial charge >= 0.3 is 0 Å². The highest BCUT2D eigenvalue weighted by Gasteiger charge is 2.44. The number of nitrogens with one attached hydrogen (secondary N) is 1. The maximum Gasteiger partial charge on any atom is 0.265 e. The molecule has 1 saturated carbocycles. The molecule has 1 unspecified atom stereocenters. The highest BCUT2D eigenvalue weighted by atomic mass is 16.7. The summed E-state index contributed by atoms with van der Waals surface area (Å²) >= 11 is 0. The van der Waals surface area contributed by atoms with Gasteiger partial charge in [-0.2, -0.15) is 0 Å². The van der Waals surface area contributed by atoms with Crippen molar-refractivity contribution in [2.24, 2.45) is 0 Å². The van der Waals surface area contributed by atoms with Crippen molar-refractivity contribution in [3.63, 3.8) is 0 Å². The molecular formula is C21H23NO4. The van der Waals surface area contributed by atoms with Crippen LogP contribution in [0.1, 0.15) is 39.0 Å². The summed E-state index contributed by atoms with van der Waals surface area (Å²) in [5.74, 6) is 1.46. The van der Waals surface area contributed by atoms with Crippen LogP contribution in [0.2, 0.25) is 0 Å². The number of hydrogen-bond acceptors (Lipinski definition) is 4. The van der Waals surface area contributed by atoms with E-state index in [1.165, 1.54) is 0 Å². The van der Waals surface area contributed by atoms with Crippen molar-refractivity contribution in [3.05, 3.63) is 48.5 Å².